The van der Waals surface area contributed by atoms with Crippen molar-refractivity contribution in [2.75, 3.05) is 12.4 Å². The van der Waals surface area contributed by atoms with Crippen LogP contribution in [0.1, 0.15) is 15.9 Å². The molecular weight excluding hydrogens is 311 g/mol. The number of rotatable bonds is 3. The van der Waals surface area contributed by atoms with Crippen LogP contribution in [0.5, 0.6) is 5.75 Å². The lowest BCUT2D eigenvalue weighted by molar-refractivity contribution is 0.102. The second-order valence-corrected chi connectivity index (χ2v) is 4.84. The predicted molar refractivity (Wildman–Crippen MR) is 82.1 cm³/mol. The molecule has 2 aromatic carbocycles. The van der Waals surface area contributed by atoms with E-state index in [0.29, 0.717) is 17.0 Å². The van der Waals surface area contributed by atoms with Crippen molar-refractivity contribution < 1.29 is 9.53 Å². The van der Waals surface area contributed by atoms with Crippen LogP contribution in [0, 0.1) is 11.3 Å². The maximum absolute atomic E-state index is 12.3. The molecule has 2 rings (SSSR count). The summed E-state index contributed by atoms with van der Waals surface area (Å²) in [4.78, 5) is 12.3. The molecule has 0 fully saturated rings. The lowest BCUT2D eigenvalue weighted by Gasteiger charge is -2.12. The van der Waals surface area contributed by atoms with Crippen LogP contribution in [0.25, 0.3) is 0 Å². The number of halogens is 2. The lowest BCUT2D eigenvalue weighted by atomic mass is 10.1. The molecule has 21 heavy (non-hydrogen) atoms. The molecule has 0 unspecified atom stereocenters. The summed E-state index contributed by atoms with van der Waals surface area (Å²) in [6, 6.07) is 11.7. The molecule has 0 spiro atoms. The van der Waals surface area contributed by atoms with E-state index in [1.54, 1.807) is 36.4 Å². The Morgan fingerprint density at radius 1 is 1.24 bits per heavy atom. The van der Waals surface area contributed by atoms with Crippen molar-refractivity contribution in [2.45, 2.75) is 0 Å². The molecule has 0 aliphatic rings. The van der Waals surface area contributed by atoms with Crippen LogP contribution in [0.3, 0.4) is 0 Å². The molecule has 1 amide bonds. The van der Waals surface area contributed by atoms with Gasteiger partial charge in [-0.05, 0) is 24.3 Å². The van der Waals surface area contributed by atoms with Gasteiger partial charge in [0, 0.05) is 0 Å². The zero-order chi connectivity index (χ0) is 15.4. The summed E-state index contributed by atoms with van der Waals surface area (Å²) in [6.45, 7) is 0. The second kappa shape index (κ2) is 6.49. The molecule has 0 aliphatic heterocycles. The van der Waals surface area contributed by atoms with Crippen LogP contribution < -0.4 is 10.1 Å². The molecule has 2 aromatic rings. The summed E-state index contributed by atoms with van der Waals surface area (Å²) in [5.74, 6) is -0.0796. The van der Waals surface area contributed by atoms with E-state index >= 15 is 0 Å². The van der Waals surface area contributed by atoms with Crippen molar-refractivity contribution >= 4 is 34.8 Å². The van der Waals surface area contributed by atoms with Crippen LogP contribution in [0.4, 0.5) is 5.69 Å². The summed E-state index contributed by atoms with van der Waals surface area (Å²) in [5.41, 5.74) is 0.809. The molecular formula is C15H10Cl2N2O2. The van der Waals surface area contributed by atoms with Gasteiger partial charge in [0.2, 0.25) is 0 Å². The summed E-state index contributed by atoms with van der Waals surface area (Å²) in [5, 5.41) is 12.2. The van der Waals surface area contributed by atoms with Crippen molar-refractivity contribution in [3.63, 3.8) is 0 Å². The number of methoxy groups -OCH3 is 1. The molecule has 0 bridgehead atoms. The Hall–Kier alpha value is -2.22. The number of nitriles is 1. The van der Waals surface area contributed by atoms with E-state index < -0.39 is 5.91 Å². The second-order valence-electron chi connectivity index (χ2n) is 4.05. The molecule has 0 radical (unpaired) electrons. The van der Waals surface area contributed by atoms with Gasteiger partial charge in [0.1, 0.15) is 17.5 Å². The van der Waals surface area contributed by atoms with Gasteiger partial charge >= 0.3 is 0 Å². The fourth-order valence-electron chi connectivity index (χ4n) is 1.78. The minimum absolute atomic E-state index is 0.157. The Bertz CT molecular complexity index is 739. The molecule has 106 valence electrons. The predicted octanol–water partition coefficient (Wildman–Crippen LogP) is 4.13. The van der Waals surface area contributed by atoms with Gasteiger partial charge in [-0.25, -0.2) is 0 Å². The van der Waals surface area contributed by atoms with Crippen molar-refractivity contribution in [2.24, 2.45) is 0 Å². The fraction of sp³-hybridized carbons (Fsp3) is 0.0667. The van der Waals surface area contributed by atoms with E-state index in [4.69, 9.17) is 33.2 Å². The van der Waals surface area contributed by atoms with E-state index in [9.17, 15) is 4.79 Å². The first kappa shape index (κ1) is 15.2. The summed E-state index contributed by atoms with van der Waals surface area (Å²) in [7, 11) is 1.46. The summed E-state index contributed by atoms with van der Waals surface area (Å²) >= 11 is 11.9. The highest BCUT2D eigenvalue weighted by Gasteiger charge is 2.16. The van der Waals surface area contributed by atoms with Crippen LogP contribution >= 0.6 is 23.2 Å². The molecule has 0 aromatic heterocycles. The van der Waals surface area contributed by atoms with E-state index in [1.165, 1.54) is 7.11 Å². The van der Waals surface area contributed by atoms with Crippen molar-refractivity contribution in [3.8, 4) is 11.8 Å². The number of nitrogens with zero attached hydrogens (tertiary/aromatic N) is 1. The number of hydrogen-bond donors (Lipinski definition) is 1. The number of carbonyl (C=O) groups is 1. The van der Waals surface area contributed by atoms with Gasteiger partial charge in [-0.2, -0.15) is 5.26 Å². The topological polar surface area (TPSA) is 62.1 Å². The molecule has 6 heteroatoms. The maximum Gasteiger partial charge on any atom is 0.257 e. The Kier molecular flexibility index (Phi) is 4.69. The van der Waals surface area contributed by atoms with Gasteiger partial charge in [0.15, 0.2) is 0 Å². The van der Waals surface area contributed by atoms with E-state index in [2.05, 4.69) is 5.32 Å². The fourth-order valence-corrected chi connectivity index (χ4v) is 2.17. The number of hydrogen-bond acceptors (Lipinski definition) is 3. The first-order valence-corrected chi connectivity index (χ1v) is 6.66. The third-order valence-corrected chi connectivity index (χ3v) is 3.62. The largest absolute Gasteiger partial charge is 0.495 e. The van der Waals surface area contributed by atoms with Gasteiger partial charge in [-0.15, -0.1) is 0 Å². The molecule has 1 N–H and O–H groups in total. The zero-order valence-electron chi connectivity index (χ0n) is 11.0. The van der Waals surface area contributed by atoms with Gasteiger partial charge in [0.25, 0.3) is 5.91 Å². The normalized spacial score (nSPS) is 9.81. The van der Waals surface area contributed by atoms with Crippen LogP contribution in [-0.4, -0.2) is 13.0 Å². The number of carbonyl (C=O) groups excluding carboxylic acids is 1. The molecule has 4 nitrogen and oxygen atoms in total. The Balaban J connectivity index is 2.41. The Morgan fingerprint density at radius 3 is 2.62 bits per heavy atom. The smallest absolute Gasteiger partial charge is 0.257 e. The van der Waals surface area contributed by atoms with Gasteiger partial charge in [-0.3, -0.25) is 4.79 Å². The van der Waals surface area contributed by atoms with E-state index in [0.717, 1.165) is 0 Å². The number of para-hydroxylation sites is 1. The summed E-state index contributed by atoms with van der Waals surface area (Å²) < 4.78 is 5.15. The highest BCUT2D eigenvalue weighted by Crippen LogP contribution is 2.30. The first-order valence-electron chi connectivity index (χ1n) is 5.91. The molecule has 0 atom stereocenters. The van der Waals surface area contributed by atoms with E-state index in [-0.39, 0.29) is 15.6 Å². The van der Waals surface area contributed by atoms with Crippen molar-refractivity contribution in [3.05, 3.63) is 57.6 Å². The number of anilines is 1. The Labute approximate surface area is 131 Å². The third-order valence-electron chi connectivity index (χ3n) is 2.80. The Morgan fingerprint density at radius 2 is 1.95 bits per heavy atom. The van der Waals surface area contributed by atoms with Crippen LogP contribution in [0.2, 0.25) is 10.0 Å². The summed E-state index contributed by atoms with van der Waals surface area (Å²) in [6.07, 6.45) is 0. The maximum atomic E-state index is 12.3. The number of ether oxygens (including phenoxy) is 1. The minimum Gasteiger partial charge on any atom is -0.495 e. The van der Waals surface area contributed by atoms with Crippen LogP contribution in [0.15, 0.2) is 36.4 Å². The number of nitrogens with one attached hydrogen (secondary N) is 1. The molecule has 0 saturated heterocycles. The number of benzene rings is 2. The quantitative estimate of drug-likeness (QED) is 0.925. The van der Waals surface area contributed by atoms with Gasteiger partial charge in [0.05, 0.1) is 28.3 Å². The third kappa shape index (κ3) is 3.10. The average molecular weight is 321 g/mol. The zero-order valence-corrected chi connectivity index (χ0v) is 12.5. The highest BCUT2D eigenvalue weighted by molar-refractivity contribution is 6.44. The molecule has 0 heterocycles. The SMILES string of the molecule is COc1cccc(C#N)c1NC(=O)c1cccc(Cl)c1Cl. The monoisotopic (exact) mass is 320 g/mol. The standard InChI is InChI=1S/C15H10Cl2N2O2/c1-21-12-7-2-4-9(8-18)14(12)19-15(20)10-5-3-6-11(16)13(10)17/h2-7H,1H3,(H,19,20). The van der Waals surface area contributed by atoms with Crippen molar-refractivity contribution in [1.82, 2.24) is 0 Å². The first-order chi connectivity index (χ1) is 10.1. The van der Waals surface area contributed by atoms with Gasteiger partial charge < -0.3 is 10.1 Å². The average Bonchev–Trinajstić information content (AvgIpc) is 2.50. The van der Waals surface area contributed by atoms with E-state index in [1.807, 2.05) is 6.07 Å². The lowest BCUT2D eigenvalue weighted by Crippen LogP contribution is -2.14. The van der Waals surface area contributed by atoms with Crippen molar-refractivity contribution in [1.29, 1.82) is 5.26 Å². The van der Waals surface area contributed by atoms with Gasteiger partial charge in [-0.1, -0.05) is 35.3 Å². The molecule has 0 saturated carbocycles. The van der Waals surface area contributed by atoms with Crippen LogP contribution in [-0.2, 0) is 0 Å². The highest BCUT2D eigenvalue weighted by atomic mass is 35.5. The molecule has 0 aliphatic carbocycles. The number of amides is 1. The minimum atomic E-state index is -0.469.